The average Bonchev–Trinajstić information content (AvgIpc) is 3.02. The predicted molar refractivity (Wildman–Crippen MR) is 87.7 cm³/mol. The van der Waals surface area contributed by atoms with Gasteiger partial charge in [0.05, 0.1) is 23.4 Å². The molecule has 0 aliphatic heterocycles. The Balaban J connectivity index is 1.81. The zero-order chi connectivity index (χ0) is 15.4. The van der Waals surface area contributed by atoms with E-state index in [4.69, 9.17) is 0 Å². The highest BCUT2D eigenvalue weighted by Gasteiger charge is 2.15. The van der Waals surface area contributed by atoms with E-state index in [1.54, 1.807) is 6.33 Å². The molecule has 0 aliphatic rings. The molecule has 0 bridgehead atoms. The normalized spacial score (nSPS) is 12.2. The Labute approximate surface area is 129 Å². The smallest absolute Gasteiger partial charge is 0.251 e. The first-order valence-electron chi connectivity index (χ1n) is 7.57. The second kappa shape index (κ2) is 6.43. The highest BCUT2D eigenvalue weighted by molar-refractivity contribution is 5.97. The molecular weight excluding hydrogens is 274 g/mol. The minimum atomic E-state index is -0.0567. The quantitative estimate of drug-likeness (QED) is 0.751. The monoisotopic (exact) mass is 293 g/mol. The highest BCUT2D eigenvalue weighted by Crippen LogP contribution is 2.19. The topological polar surface area (TPSA) is 57.8 Å². The van der Waals surface area contributed by atoms with Crippen molar-refractivity contribution in [1.29, 1.82) is 0 Å². The number of hydrogen-bond acceptors (Lipinski definition) is 2. The van der Waals surface area contributed by atoms with Crippen LogP contribution in [0.3, 0.4) is 0 Å². The Morgan fingerprint density at radius 3 is 2.82 bits per heavy atom. The standard InChI is InChI=1S/C18H19N3O/c1-2-6-15(13-7-4-3-5-8-13)21-18(22)14-9-10-16-17(11-14)20-12-19-16/h3-5,7-12,15H,2,6H2,1H3,(H,19,20)(H,21,22)/t15-/m0/s1. The van der Waals surface area contributed by atoms with Gasteiger partial charge in [-0.2, -0.15) is 0 Å². The van der Waals surface area contributed by atoms with Gasteiger partial charge >= 0.3 is 0 Å². The van der Waals surface area contributed by atoms with Gasteiger partial charge in [0.15, 0.2) is 0 Å². The van der Waals surface area contributed by atoms with Crippen LogP contribution in [0.4, 0.5) is 0 Å². The number of benzene rings is 2. The lowest BCUT2D eigenvalue weighted by Gasteiger charge is -2.18. The molecule has 0 radical (unpaired) electrons. The van der Waals surface area contributed by atoms with Crippen LogP contribution in [0.1, 0.15) is 41.7 Å². The molecule has 1 aromatic heterocycles. The fraction of sp³-hybridized carbons (Fsp3) is 0.222. The van der Waals surface area contributed by atoms with Gasteiger partial charge in [-0.05, 0) is 30.2 Å². The highest BCUT2D eigenvalue weighted by atomic mass is 16.1. The number of rotatable bonds is 5. The number of nitrogens with zero attached hydrogens (tertiary/aromatic N) is 1. The molecule has 3 aromatic rings. The predicted octanol–water partition coefficient (Wildman–Crippen LogP) is 3.83. The van der Waals surface area contributed by atoms with Crippen molar-refractivity contribution in [2.75, 3.05) is 0 Å². The number of carbonyl (C=O) groups excluding carboxylic acids is 1. The van der Waals surface area contributed by atoms with E-state index < -0.39 is 0 Å². The van der Waals surface area contributed by atoms with E-state index in [9.17, 15) is 4.79 Å². The van der Waals surface area contributed by atoms with Crippen LogP contribution in [0, 0.1) is 0 Å². The van der Waals surface area contributed by atoms with E-state index in [1.807, 2.05) is 36.4 Å². The minimum absolute atomic E-state index is 0.0381. The van der Waals surface area contributed by atoms with Crippen LogP contribution in [0.2, 0.25) is 0 Å². The number of aromatic nitrogens is 2. The first-order valence-corrected chi connectivity index (χ1v) is 7.57. The fourth-order valence-electron chi connectivity index (χ4n) is 2.61. The zero-order valence-corrected chi connectivity index (χ0v) is 12.5. The van der Waals surface area contributed by atoms with Crippen molar-refractivity contribution in [3.8, 4) is 0 Å². The minimum Gasteiger partial charge on any atom is -0.345 e. The van der Waals surface area contributed by atoms with E-state index in [0.29, 0.717) is 5.56 Å². The van der Waals surface area contributed by atoms with Gasteiger partial charge in [-0.1, -0.05) is 43.7 Å². The molecule has 0 aliphatic carbocycles. The second-order valence-corrected chi connectivity index (χ2v) is 5.36. The average molecular weight is 293 g/mol. The van der Waals surface area contributed by atoms with Gasteiger partial charge in [-0.3, -0.25) is 4.79 Å². The van der Waals surface area contributed by atoms with Gasteiger partial charge in [-0.25, -0.2) is 4.98 Å². The van der Waals surface area contributed by atoms with Crippen molar-refractivity contribution in [3.63, 3.8) is 0 Å². The largest absolute Gasteiger partial charge is 0.345 e. The van der Waals surface area contributed by atoms with E-state index in [1.165, 1.54) is 0 Å². The lowest BCUT2D eigenvalue weighted by atomic mass is 10.0. The summed E-state index contributed by atoms with van der Waals surface area (Å²) in [5.74, 6) is -0.0567. The molecule has 1 atom stereocenters. The lowest BCUT2D eigenvalue weighted by molar-refractivity contribution is 0.0934. The number of carbonyl (C=O) groups is 1. The maximum Gasteiger partial charge on any atom is 0.251 e. The van der Waals surface area contributed by atoms with Crippen LogP contribution in [0.25, 0.3) is 11.0 Å². The van der Waals surface area contributed by atoms with Gasteiger partial charge in [-0.15, -0.1) is 0 Å². The summed E-state index contributed by atoms with van der Waals surface area (Å²) in [5.41, 5.74) is 3.53. The number of aromatic amines is 1. The van der Waals surface area contributed by atoms with Gasteiger partial charge < -0.3 is 10.3 Å². The maximum atomic E-state index is 12.5. The Kier molecular flexibility index (Phi) is 4.19. The van der Waals surface area contributed by atoms with E-state index in [2.05, 4.69) is 34.3 Å². The number of imidazole rings is 1. The molecule has 1 amide bonds. The Bertz CT molecular complexity index is 764. The number of nitrogens with one attached hydrogen (secondary N) is 2. The van der Waals surface area contributed by atoms with Crippen LogP contribution in [0.5, 0.6) is 0 Å². The first kappa shape index (κ1) is 14.3. The molecule has 4 heteroatoms. The van der Waals surface area contributed by atoms with Crippen molar-refractivity contribution in [3.05, 3.63) is 66.0 Å². The van der Waals surface area contributed by atoms with Crippen LogP contribution in [0.15, 0.2) is 54.9 Å². The molecule has 112 valence electrons. The first-order chi connectivity index (χ1) is 10.8. The number of H-pyrrole nitrogens is 1. The molecule has 1 heterocycles. The summed E-state index contributed by atoms with van der Waals surface area (Å²) in [4.78, 5) is 19.7. The number of amides is 1. The number of hydrogen-bond donors (Lipinski definition) is 2. The zero-order valence-electron chi connectivity index (χ0n) is 12.5. The summed E-state index contributed by atoms with van der Waals surface area (Å²) in [7, 11) is 0. The molecule has 2 N–H and O–H groups in total. The third kappa shape index (κ3) is 3.01. The molecule has 0 spiro atoms. The third-order valence-corrected chi connectivity index (χ3v) is 3.77. The Morgan fingerprint density at radius 1 is 1.23 bits per heavy atom. The van der Waals surface area contributed by atoms with Gasteiger partial charge in [0, 0.05) is 5.56 Å². The summed E-state index contributed by atoms with van der Waals surface area (Å²) in [6.45, 7) is 2.12. The number of fused-ring (bicyclic) bond motifs is 1. The fourth-order valence-corrected chi connectivity index (χ4v) is 2.61. The Morgan fingerprint density at radius 2 is 2.05 bits per heavy atom. The van der Waals surface area contributed by atoms with Crippen LogP contribution in [-0.4, -0.2) is 15.9 Å². The summed E-state index contributed by atoms with van der Waals surface area (Å²) in [6.07, 6.45) is 3.57. The molecule has 3 rings (SSSR count). The molecule has 22 heavy (non-hydrogen) atoms. The third-order valence-electron chi connectivity index (χ3n) is 3.77. The van der Waals surface area contributed by atoms with Crippen molar-refractivity contribution in [1.82, 2.24) is 15.3 Å². The molecule has 0 unspecified atom stereocenters. The summed E-state index contributed by atoms with van der Waals surface area (Å²) in [6, 6.07) is 15.6. The van der Waals surface area contributed by atoms with Crippen molar-refractivity contribution in [2.24, 2.45) is 0 Å². The van der Waals surface area contributed by atoms with E-state index in [0.717, 1.165) is 29.4 Å². The molecule has 0 saturated heterocycles. The molecular formula is C18H19N3O. The summed E-state index contributed by atoms with van der Waals surface area (Å²) >= 11 is 0. The molecule has 2 aromatic carbocycles. The van der Waals surface area contributed by atoms with E-state index in [-0.39, 0.29) is 11.9 Å². The van der Waals surface area contributed by atoms with Crippen molar-refractivity contribution < 1.29 is 4.79 Å². The van der Waals surface area contributed by atoms with Crippen LogP contribution >= 0.6 is 0 Å². The van der Waals surface area contributed by atoms with Gasteiger partial charge in [0.2, 0.25) is 0 Å². The van der Waals surface area contributed by atoms with Crippen LogP contribution < -0.4 is 5.32 Å². The summed E-state index contributed by atoms with van der Waals surface area (Å²) < 4.78 is 0. The van der Waals surface area contributed by atoms with Crippen LogP contribution in [-0.2, 0) is 0 Å². The molecule has 0 fully saturated rings. The van der Waals surface area contributed by atoms with Crippen molar-refractivity contribution >= 4 is 16.9 Å². The van der Waals surface area contributed by atoms with Crippen molar-refractivity contribution in [2.45, 2.75) is 25.8 Å². The molecule has 0 saturated carbocycles. The molecule has 4 nitrogen and oxygen atoms in total. The van der Waals surface area contributed by atoms with Gasteiger partial charge in [0.1, 0.15) is 0 Å². The summed E-state index contributed by atoms with van der Waals surface area (Å²) in [5, 5.41) is 3.13. The second-order valence-electron chi connectivity index (χ2n) is 5.36. The Hall–Kier alpha value is -2.62. The maximum absolute atomic E-state index is 12.5. The van der Waals surface area contributed by atoms with E-state index >= 15 is 0 Å². The SMILES string of the molecule is CCC[C@H](NC(=O)c1ccc2nc[nH]c2c1)c1ccccc1. The van der Waals surface area contributed by atoms with Gasteiger partial charge in [0.25, 0.3) is 5.91 Å². The lowest BCUT2D eigenvalue weighted by Crippen LogP contribution is -2.28.